The lowest BCUT2D eigenvalue weighted by molar-refractivity contribution is 0.745. The van der Waals surface area contributed by atoms with Crippen LogP contribution in [0.1, 0.15) is 11.5 Å². The number of hydrogen-bond acceptors (Lipinski definition) is 5. The highest BCUT2D eigenvalue weighted by atomic mass is 32.2. The van der Waals surface area contributed by atoms with Crippen LogP contribution >= 0.6 is 23.5 Å². The summed E-state index contributed by atoms with van der Waals surface area (Å²) in [5.74, 6) is 0.324. The van der Waals surface area contributed by atoms with Crippen LogP contribution < -0.4 is 31.1 Å². The normalized spacial score (nSPS) is 19.2. The molecule has 5 heterocycles. The van der Waals surface area contributed by atoms with Gasteiger partial charge in [-0.2, -0.15) is 0 Å². The van der Waals surface area contributed by atoms with Gasteiger partial charge in [-0.1, -0.05) is 115 Å². The zero-order valence-corrected chi connectivity index (χ0v) is 27.4. The van der Waals surface area contributed by atoms with E-state index in [1.165, 1.54) is 87.0 Å². The van der Waals surface area contributed by atoms with E-state index in [4.69, 9.17) is 0 Å². The minimum atomic E-state index is 0.134. The van der Waals surface area contributed by atoms with Gasteiger partial charge in [0, 0.05) is 48.2 Å². The number of fused-ring (bicyclic) bond motifs is 11. The van der Waals surface area contributed by atoms with E-state index in [1.54, 1.807) is 0 Å². The molecule has 5 aliphatic heterocycles. The molecule has 12 rings (SSSR count). The second kappa shape index (κ2) is 9.31. The molecule has 2 unspecified atom stereocenters. The van der Waals surface area contributed by atoms with Crippen molar-refractivity contribution in [3.05, 3.63) is 151 Å². The van der Waals surface area contributed by atoms with Gasteiger partial charge in [-0.05, 0) is 76.5 Å². The highest BCUT2D eigenvalue weighted by Gasteiger charge is 2.48. The molecule has 0 bridgehead atoms. The van der Waals surface area contributed by atoms with Crippen LogP contribution in [0.25, 0.3) is 0 Å². The van der Waals surface area contributed by atoms with Gasteiger partial charge in [-0.15, -0.1) is 0 Å². The average Bonchev–Trinajstić information content (AvgIpc) is 3.48. The molecule has 6 aliphatic rings. The molecule has 3 nitrogen and oxygen atoms in total. The summed E-state index contributed by atoms with van der Waals surface area (Å²) in [5, 5.41) is 0. The van der Waals surface area contributed by atoms with E-state index in [2.05, 4.69) is 160 Å². The lowest BCUT2D eigenvalue weighted by Crippen LogP contribution is -2.62. The zero-order valence-electron chi connectivity index (χ0n) is 25.7. The highest BCUT2D eigenvalue weighted by Crippen LogP contribution is 2.58. The van der Waals surface area contributed by atoms with Crippen molar-refractivity contribution in [2.45, 2.75) is 31.5 Å². The van der Waals surface area contributed by atoms with Crippen LogP contribution in [-0.2, 0) is 0 Å². The van der Waals surface area contributed by atoms with Crippen molar-refractivity contribution in [1.82, 2.24) is 0 Å². The molecule has 1 aliphatic carbocycles. The van der Waals surface area contributed by atoms with E-state index >= 15 is 0 Å². The fraction of sp³-hybridized carbons (Fsp3) is 0.0476. The predicted molar refractivity (Wildman–Crippen MR) is 202 cm³/mol. The Labute approximate surface area is 288 Å². The lowest BCUT2D eigenvalue weighted by atomic mass is 9.33. The Hall–Kier alpha value is -5.04. The summed E-state index contributed by atoms with van der Waals surface area (Å²) < 4.78 is 0. The maximum atomic E-state index is 2.60. The SMILES string of the molecule is C1=CC2c3ccccc3N(c3cc4c5c(c3)N3c6ccccc6Sc6cccc(c63)B5c3cccc5c3N4c3ccccc3S5)C2C=C1. The summed E-state index contributed by atoms with van der Waals surface area (Å²) in [6.45, 7) is 0.134. The standard InChI is InChI=1S/C42H26BN3S2/c1-3-15-30-26(11-1)27-12-2-4-16-31(27)44(30)25-23-34-40-35(24-25)46-33-18-6-8-20-37(33)48-39-22-10-14-29(42(39)46)43(40)28-13-9-21-38-41(28)45(34)32-17-5-7-19-36(32)47-38/h1-24,26,30H. The van der Waals surface area contributed by atoms with Crippen LogP contribution in [-0.4, -0.2) is 12.8 Å². The molecular formula is C42H26BN3S2. The van der Waals surface area contributed by atoms with Crippen molar-refractivity contribution >= 4 is 92.1 Å². The Morgan fingerprint density at radius 3 is 1.69 bits per heavy atom. The van der Waals surface area contributed by atoms with Crippen molar-refractivity contribution in [1.29, 1.82) is 0 Å². The quantitative estimate of drug-likeness (QED) is 0.164. The molecule has 2 atom stereocenters. The molecule has 0 aromatic heterocycles. The van der Waals surface area contributed by atoms with Crippen molar-refractivity contribution in [2.75, 3.05) is 14.7 Å². The maximum absolute atomic E-state index is 2.60. The van der Waals surface area contributed by atoms with Crippen molar-refractivity contribution in [3.63, 3.8) is 0 Å². The topological polar surface area (TPSA) is 9.72 Å². The summed E-state index contributed by atoms with van der Waals surface area (Å²) in [4.78, 5) is 13.0. The first-order valence-electron chi connectivity index (χ1n) is 16.6. The fourth-order valence-corrected chi connectivity index (χ4v) is 11.3. The van der Waals surface area contributed by atoms with Gasteiger partial charge in [0.05, 0.1) is 28.8 Å². The first kappa shape index (κ1) is 26.0. The molecular weight excluding hydrogens is 621 g/mol. The van der Waals surface area contributed by atoms with Crippen molar-refractivity contribution in [2.24, 2.45) is 0 Å². The first-order chi connectivity index (χ1) is 23.8. The van der Waals surface area contributed by atoms with E-state index in [0.717, 1.165) is 0 Å². The zero-order chi connectivity index (χ0) is 31.1. The summed E-state index contributed by atoms with van der Waals surface area (Å²) >= 11 is 3.80. The van der Waals surface area contributed by atoms with Crippen LogP contribution in [0.3, 0.4) is 0 Å². The predicted octanol–water partition coefficient (Wildman–Crippen LogP) is 9.43. The van der Waals surface area contributed by atoms with Crippen LogP contribution in [0.4, 0.5) is 45.5 Å². The molecule has 6 heteroatoms. The number of anilines is 8. The number of nitrogens with zero attached hydrogens (tertiary/aromatic N) is 3. The number of allylic oxidation sites excluding steroid dienone is 2. The van der Waals surface area contributed by atoms with Gasteiger partial charge in [-0.25, -0.2) is 0 Å². The van der Waals surface area contributed by atoms with Gasteiger partial charge in [-0.3, -0.25) is 0 Å². The largest absolute Gasteiger partial charge is 0.333 e. The van der Waals surface area contributed by atoms with Crippen LogP contribution in [0.15, 0.2) is 165 Å². The fourth-order valence-electron chi connectivity index (χ4n) is 9.10. The van der Waals surface area contributed by atoms with Gasteiger partial charge < -0.3 is 14.7 Å². The van der Waals surface area contributed by atoms with Crippen molar-refractivity contribution in [3.8, 4) is 0 Å². The number of rotatable bonds is 1. The minimum absolute atomic E-state index is 0.134. The van der Waals surface area contributed by atoms with Crippen LogP contribution in [0.2, 0.25) is 0 Å². The van der Waals surface area contributed by atoms with Gasteiger partial charge >= 0.3 is 0 Å². The highest BCUT2D eigenvalue weighted by molar-refractivity contribution is 8.00. The molecule has 224 valence electrons. The Morgan fingerprint density at radius 1 is 0.500 bits per heavy atom. The monoisotopic (exact) mass is 647 g/mol. The average molecular weight is 648 g/mol. The molecule has 0 saturated carbocycles. The van der Waals surface area contributed by atoms with E-state index in [-0.39, 0.29) is 12.8 Å². The van der Waals surface area contributed by atoms with Gasteiger partial charge in [0.15, 0.2) is 0 Å². The van der Waals surface area contributed by atoms with Gasteiger partial charge in [0.1, 0.15) is 0 Å². The molecule has 48 heavy (non-hydrogen) atoms. The second-order valence-corrected chi connectivity index (χ2v) is 15.4. The molecule has 0 N–H and O–H groups in total. The summed E-state index contributed by atoms with van der Waals surface area (Å²) in [6.07, 6.45) is 9.20. The second-order valence-electron chi connectivity index (χ2n) is 13.2. The first-order valence-corrected chi connectivity index (χ1v) is 18.3. The summed E-state index contributed by atoms with van der Waals surface area (Å²) in [7, 11) is 0. The third-order valence-corrected chi connectivity index (χ3v) is 13.1. The van der Waals surface area contributed by atoms with E-state index in [0.29, 0.717) is 5.92 Å². The van der Waals surface area contributed by atoms with E-state index < -0.39 is 0 Å². The number of para-hydroxylation sites is 5. The van der Waals surface area contributed by atoms with Gasteiger partial charge in [0.25, 0.3) is 6.71 Å². The van der Waals surface area contributed by atoms with Gasteiger partial charge in [0.2, 0.25) is 0 Å². The van der Waals surface area contributed by atoms with Crippen molar-refractivity contribution < 1.29 is 0 Å². The van der Waals surface area contributed by atoms with Crippen LogP contribution in [0.5, 0.6) is 0 Å². The third-order valence-electron chi connectivity index (χ3n) is 10.9. The Balaban J connectivity index is 1.22. The number of hydrogen-bond donors (Lipinski definition) is 0. The Morgan fingerprint density at radius 2 is 1.04 bits per heavy atom. The molecule has 0 saturated heterocycles. The smallest absolute Gasteiger partial charge is 0.252 e. The molecule has 0 radical (unpaired) electrons. The molecule has 6 aromatic rings. The Kier molecular flexibility index (Phi) is 5.04. The Bertz CT molecular complexity index is 2360. The maximum Gasteiger partial charge on any atom is 0.252 e. The minimum Gasteiger partial charge on any atom is -0.333 e. The summed E-state index contributed by atoms with van der Waals surface area (Å²) in [5.41, 5.74) is 15.8. The third kappa shape index (κ3) is 3.20. The van der Waals surface area contributed by atoms with Crippen LogP contribution in [0, 0.1) is 0 Å². The number of benzene rings is 6. The molecule has 0 spiro atoms. The molecule has 0 fully saturated rings. The van der Waals surface area contributed by atoms with E-state index in [1.807, 2.05) is 23.5 Å². The molecule has 6 aromatic carbocycles. The van der Waals surface area contributed by atoms with E-state index in [9.17, 15) is 0 Å². The summed E-state index contributed by atoms with van der Waals surface area (Å²) in [6, 6.07) is 46.0. The molecule has 0 amide bonds. The lowest BCUT2D eigenvalue weighted by Gasteiger charge is -2.48.